The van der Waals surface area contributed by atoms with Crippen molar-refractivity contribution in [3.05, 3.63) is 33.8 Å². The summed E-state index contributed by atoms with van der Waals surface area (Å²) in [4.78, 5) is 0. The molecule has 1 N–H and O–H groups in total. The molecule has 0 radical (unpaired) electrons. The lowest BCUT2D eigenvalue weighted by Crippen LogP contribution is -2.32. The van der Waals surface area contributed by atoms with Crippen LogP contribution in [0.3, 0.4) is 0 Å². The molecule has 0 bridgehead atoms. The minimum absolute atomic E-state index is 0.392. The summed E-state index contributed by atoms with van der Waals surface area (Å²) in [5.41, 5.74) is 1.19. The lowest BCUT2D eigenvalue weighted by Gasteiger charge is -2.35. The highest BCUT2D eigenvalue weighted by Crippen LogP contribution is 2.40. The number of rotatable bonds is 4. The van der Waals surface area contributed by atoms with Gasteiger partial charge < -0.3 is 5.32 Å². The molecule has 3 heteroatoms. The van der Waals surface area contributed by atoms with Crippen molar-refractivity contribution in [2.45, 2.75) is 32.2 Å². The number of nitrogens with one attached hydrogen (secondary N) is 1. The zero-order valence-electron chi connectivity index (χ0n) is 9.47. The molecule has 1 aromatic rings. The van der Waals surface area contributed by atoms with Crippen LogP contribution in [0.1, 0.15) is 37.8 Å². The Morgan fingerprint density at radius 1 is 1.38 bits per heavy atom. The van der Waals surface area contributed by atoms with Crippen molar-refractivity contribution in [3.63, 3.8) is 0 Å². The van der Waals surface area contributed by atoms with Crippen LogP contribution >= 0.6 is 23.2 Å². The Labute approximate surface area is 107 Å². The molecule has 1 atom stereocenters. The molecule has 0 amide bonds. The minimum Gasteiger partial charge on any atom is -0.310 e. The average Bonchev–Trinajstić information content (AvgIpc) is 2.14. The predicted octanol–water partition coefficient (Wildman–Crippen LogP) is 4.44. The molecule has 1 aliphatic rings. The van der Waals surface area contributed by atoms with Gasteiger partial charge >= 0.3 is 0 Å². The standard InChI is InChI=1S/C13H17Cl2N/c1-2-16-13(9-4-3-5-9)11-7-6-10(14)8-12(11)15/h6-9,13,16H,2-5H2,1H3. The van der Waals surface area contributed by atoms with E-state index in [1.807, 2.05) is 12.1 Å². The molecule has 1 nitrogen and oxygen atoms in total. The van der Waals surface area contributed by atoms with Crippen LogP contribution in [0.15, 0.2) is 18.2 Å². The maximum atomic E-state index is 6.26. The van der Waals surface area contributed by atoms with Gasteiger partial charge in [0.2, 0.25) is 0 Å². The van der Waals surface area contributed by atoms with Gasteiger partial charge in [-0.15, -0.1) is 0 Å². The van der Waals surface area contributed by atoms with E-state index in [9.17, 15) is 0 Å². The number of hydrogen-bond donors (Lipinski definition) is 1. The van der Waals surface area contributed by atoms with E-state index in [1.54, 1.807) is 0 Å². The van der Waals surface area contributed by atoms with Gasteiger partial charge in [0.05, 0.1) is 0 Å². The third kappa shape index (κ3) is 2.53. The summed E-state index contributed by atoms with van der Waals surface area (Å²) in [6, 6.07) is 6.20. The summed E-state index contributed by atoms with van der Waals surface area (Å²) in [5.74, 6) is 0.735. The molecular weight excluding hydrogens is 241 g/mol. The smallest absolute Gasteiger partial charge is 0.0468 e. The maximum absolute atomic E-state index is 6.26. The molecule has 1 unspecified atom stereocenters. The summed E-state index contributed by atoms with van der Waals surface area (Å²) < 4.78 is 0. The fraction of sp³-hybridized carbons (Fsp3) is 0.538. The summed E-state index contributed by atoms with van der Waals surface area (Å²) >= 11 is 12.2. The van der Waals surface area contributed by atoms with Crippen molar-refractivity contribution < 1.29 is 0 Å². The van der Waals surface area contributed by atoms with E-state index in [4.69, 9.17) is 23.2 Å². The first-order chi connectivity index (χ1) is 7.72. The van der Waals surface area contributed by atoms with Crippen LogP contribution in [0.4, 0.5) is 0 Å². The molecule has 0 spiro atoms. The number of benzene rings is 1. The first kappa shape index (κ1) is 12.2. The van der Waals surface area contributed by atoms with Gasteiger partial charge in [-0.25, -0.2) is 0 Å². The molecule has 0 saturated heterocycles. The molecule has 2 rings (SSSR count). The molecule has 1 aromatic carbocycles. The van der Waals surface area contributed by atoms with Crippen LogP contribution in [0, 0.1) is 5.92 Å². The summed E-state index contributed by atoms with van der Waals surface area (Å²) in [7, 11) is 0. The third-order valence-electron chi connectivity index (χ3n) is 3.34. The highest BCUT2D eigenvalue weighted by atomic mass is 35.5. The van der Waals surface area contributed by atoms with Crippen LogP contribution in [-0.4, -0.2) is 6.54 Å². The van der Waals surface area contributed by atoms with Crippen molar-refractivity contribution >= 4 is 23.2 Å². The predicted molar refractivity (Wildman–Crippen MR) is 70.2 cm³/mol. The van der Waals surface area contributed by atoms with Crippen LogP contribution in [-0.2, 0) is 0 Å². The molecule has 0 aliphatic heterocycles. The Hall–Kier alpha value is -0.240. The van der Waals surface area contributed by atoms with Crippen LogP contribution < -0.4 is 5.32 Å². The van der Waals surface area contributed by atoms with Crippen molar-refractivity contribution in [2.75, 3.05) is 6.54 Å². The second-order valence-corrected chi connectivity index (χ2v) is 5.24. The Balaban J connectivity index is 2.23. The van der Waals surface area contributed by atoms with Gasteiger partial charge in [0.15, 0.2) is 0 Å². The topological polar surface area (TPSA) is 12.0 Å². The van der Waals surface area contributed by atoms with Crippen LogP contribution in [0.25, 0.3) is 0 Å². The Morgan fingerprint density at radius 2 is 2.12 bits per heavy atom. The summed E-state index contributed by atoms with van der Waals surface area (Å²) in [5, 5.41) is 5.02. The lowest BCUT2D eigenvalue weighted by molar-refractivity contribution is 0.233. The van der Waals surface area contributed by atoms with Crippen molar-refractivity contribution in [3.8, 4) is 0 Å². The monoisotopic (exact) mass is 257 g/mol. The largest absolute Gasteiger partial charge is 0.310 e. The van der Waals surface area contributed by atoms with E-state index < -0.39 is 0 Å². The van der Waals surface area contributed by atoms with Crippen LogP contribution in [0.5, 0.6) is 0 Å². The molecule has 1 aliphatic carbocycles. The molecule has 16 heavy (non-hydrogen) atoms. The highest BCUT2D eigenvalue weighted by molar-refractivity contribution is 6.35. The SMILES string of the molecule is CCNC(c1ccc(Cl)cc1Cl)C1CCC1. The minimum atomic E-state index is 0.392. The molecule has 1 saturated carbocycles. The van der Waals surface area contributed by atoms with Gasteiger partial charge in [0.25, 0.3) is 0 Å². The van der Waals surface area contributed by atoms with E-state index in [0.29, 0.717) is 11.1 Å². The van der Waals surface area contributed by atoms with Gasteiger partial charge in [0.1, 0.15) is 0 Å². The number of hydrogen-bond acceptors (Lipinski definition) is 1. The van der Waals surface area contributed by atoms with Gasteiger partial charge in [-0.3, -0.25) is 0 Å². The van der Waals surface area contributed by atoms with E-state index >= 15 is 0 Å². The van der Waals surface area contributed by atoms with E-state index in [0.717, 1.165) is 17.5 Å². The summed E-state index contributed by atoms with van der Waals surface area (Å²) in [6.45, 7) is 3.11. The van der Waals surface area contributed by atoms with E-state index in [2.05, 4.69) is 18.3 Å². The zero-order valence-corrected chi connectivity index (χ0v) is 11.0. The second kappa shape index (κ2) is 5.39. The number of halogens is 2. The molecule has 1 fully saturated rings. The summed E-state index contributed by atoms with van der Waals surface area (Å²) in [6.07, 6.45) is 3.95. The fourth-order valence-corrected chi connectivity index (χ4v) is 2.80. The Morgan fingerprint density at radius 3 is 2.62 bits per heavy atom. The maximum Gasteiger partial charge on any atom is 0.0468 e. The fourth-order valence-electron chi connectivity index (χ4n) is 2.28. The first-order valence-electron chi connectivity index (χ1n) is 5.90. The van der Waals surface area contributed by atoms with Crippen molar-refractivity contribution in [2.24, 2.45) is 5.92 Å². The average molecular weight is 258 g/mol. The molecule has 88 valence electrons. The van der Waals surface area contributed by atoms with Gasteiger partial charge in [-0.05, 0) is 43.0 Å². The van der Waals surface area contributed by atoms with Gasteiger partial charge in [-0.2, -0.15) is 0 Å². The zero-order chi connectivity index (χ0) is 11.5. The van der Waals surface area contributed by atoms with E-state index in [1.165, 1.54) is 24.8 Å². The second-order valence-electron chi connectivity index (χ2n) is 4.39. The normalized spacial score (nSPS) is 18.2. The van der Waals surface area contributed by atoms with Crippen molar-refractivity contribution in [1.82, 2.24) is 5.32 Å². The van der Waals surface area contributed by atoms with Gasteiger partial charge in [0, 0.05) is 16.1 Å². The molecule has 0 heterocycles. The van der Waals surface area contributed by atoms with E-state index in [-0.39, 0.29) is 0 Å². The first-order valence-corrected chi connectivity index (χ1v) is 6.66. The molecular formula is C13H17Cl2N. The Bertz CT molecular complexity index is 361. The van der Waals surface area contributed by atoms with Crippen molar-refractivity contribution in [1.29, 1.82) is 0 Å². The van der Waals surface area contributed by atoms with Crippen LogP contribution in [0.2, 0.25) is 10.0 Å². The third-order valence-corrected chi connectivity index (χ3v) is 3.91. The quantitative estimate of drug-likeness (QED) is 0.841. The highest BCUT2D eigenvalue weighted by Gasteiger charge is 2.28. The lowest BCUT2D eigenvalue weighted by atomic mass is 9.77. The Kier molecular flexibility index (Phi) is 4.12. The van der Waals surface area contributed by atoms with Gasteiger partial charge in [-0.1, -0.05) is 42.6 Å². The molecule has 0 aromatic heterocycles.